The third-order valence-electron chi connectivity index (χ3n) is 2.12. The van der Waals surface area contributed by atoms with Gasteiger partial charge in [-0.25, -0.2) is 18.4 Å². The van der Waals surface area contributed by atoms with Crippen molar-refractivity contribution < 1.29 is 8.42 Å². The quantitative estimate of drug-likeness (QED) is 0.598. The normalized spacial score (nSPS) is 22.9. The monoisotopic (exact) mass is 229 g/mol. The lowest BCUT2D eigenvalue weighted by molar-refractivity contribution is 0.549. The second kappa shape index (κ2) is 3.31. The second-order valence-corrected chi connectivity index (χ2v) is 4.81. The zero-order chi connectivity index (χ0) is 11.1. The molecular weight excluding hydrogens is 218 g/mol. The fourth-order valence-electron chi connectivity index (χ4n) is 1.38. The standard InChI is InChI=1S/C7H11N5O2S/c1-2-4-11-7-5(15(13,14)12-4)6(8)9-3-10-7/h3-4,12H,2H2,1H3,(H3,8,9,10,11). The van der Waals surface area contributed by atoms with Crippen LogP contribution < -0.4 is 15.8 Å². The number of fused-ring (bicyclic) bond motifs is 1. The van der Waals surface area contributed by atoms with E-state index in [1.807, 2.05) is 6.92 Å². The molecule has 7 nitrogen and oxygen atoms in total. The minimum atomic E-state index is -3.60. The van der Waals surface area contributed by atoms with Gasteiger partial charge >= 0.3 is 0 Å². The van der Waals surface area contributed by atoms with E-state index in [2.05, 4.69) is 20.0 Å². The molecule has 1 atom stereocenters. The molecular formula is C7H11N5O2S. The molecule has 2 rings (SSSR count). The predicted octanol–water partition coefficient (Wildman–Crippen LogP) is -0.501. The number of sulfonamides is 1. The fourth-order valence-corrected chi connectivity index (χ4v) is 2.79. The van der Waals surface area contributed by atoms with Crippen LogP contribution >= 0.6 is 0 Å². The molecule has 1 aromatic rings. The van der Waals surface area contributed by atoms with E-state index in [0.29, 0.717) is 6.42 Å². The smallest absolute Gasteiger partial charge is 0.249 e. The maximum Gasteiger partial charge on any atom is 0.249 e. The van der Waals surface area contributed by atoms with E-state index in [1.54, 1.807) is 0 Å². The summed E-state index contributed by atoms with van der Waals surface area (Å²) in [4.78, 5) is 7.42. The van der Waals surface area contributed by atoms with Crippen molar-refractivity contribution in [2.75, 3.05) is 11.1 Å². The highest BCUT2D eigenvalue weighted by Crippen LogP contribution is 2.27. The van der Waals surface area contributed by atoms with Gasteiger partial charge in [-0.3, -0.25) is 0 Å². The van der Waals surface area contributed by atoms with E-state index in [9.17, 15) is 8.42 Å². The fraction of sp³-hybridized carbons (Fsp3) is 0.429. The van der Waals surface area contributed by atoms with Crippen LogP contribution in [0.15, 0.2) is 11.2 Å². The van der Waals surface area contributed by atoms with Gasteiger partial charge in [0.1, 0.15) is 12.1 Å². The summed E-state index contributed by atoms with van der Waals surface area (Å²) in [5, 5.41) is 2.92. The van der Waals surface area contributed by atoms with Gasteiger partial charge in [0.2, 0.25) is 10.0 Å². The summed E-state index contributed by atoms with van der Waals surface area (Å²) in [5.41, 5.74) is 5.49. The van der Waals surface area contributed by atoms with Gasteiger partial charge < -0.3 is 11.1 Å². The number of nitrogens with zero attached hydrogens (tertiary/aromatic N) is 2. The third-order valence-corrected chi connectivity index (χ3v) is 3.65. The van der Waals surface area contributed by atoms with Gasteiger partial charge in [-0.1, -0.05) is 6.92 Å². The molecule has 2 heterocycles. The van der Waals surface area contributed by atoms with Crippen LogP contribution in [0.3, 0.4) is 0 Å². The summed E-state index contributed by atoms with van der Waals surface area (Å²) in [5.74, 6) is 0.211. The first kappa shape index (κ1) is 10.1. The molecule has 1 unspecified atom stereocenters. The van der Waals surface area contributed by atoms with Crippen LogP contribution in [0.25, 0.3) is 0 Å². The Morgan fingerprint density at radius 3 is 2.93 bits per heavy atom. The van der Waals surface area contributed by atoms with Crippen molar-refractivity contribution in [1.29, 1.82) is 0 Å². The van der Waals surface area contributed by atoms with Crippen molar-refractivity contribution in [3.63, 3.8) is 0 Å². The van der Waals surface area contributed by atoms with Crippen molar-refractivity contribution in [1.82, 2.24) is 14.7 Å². The molecule has 1 aliphatic rings. The first-order valence-corrected chi connectivity index (χ1v) is 5.92. The summed E-state index contributed by atoms with van der Waals surface area (Å²) in [6, 6.07) is 0. The molecule has 0 aromatic carbocycles. The maximum atomic E-state index is 11.8. The molecule has 1 aromatic heterocycles. The first-order valence-electron chi connectivity index (χ1n) is 4.44. The largest absolute Gasteiger partial charge is 0.382 e. The number of rotatable bonds is 1. The summed E-state index contributed by atoms with van der Waals surface area (Å²) >= 11 is 0. The lowest BCUT2D eigenvalue weighted by Crippen LogP contribution is -2.45. The Labute approximate surface area is 87.2 Å². The third kappa shape index (κ3) is 1.61. The number of hydrogen-bond donors (Lipinski definition) is 3. The van der Waals surface area contributed by atoms with Gasteiger partial charge in [-0.2, -0.15) is 4.72 Å². The summed E-state index contributed by atoms with van der Waals surface area (Å²) in [6.07, 6.45) is 1.49. The van der Waals surface area contributed by atoms with Crippen molar-refractivity contribution in [3.8, 4) is 0 Å². The summed E-state index contributed by atoms with van der Waals surface area (Å²) in [6.45, 7) is 1.86. The zero-order valence-corrected chi connectivity index (χ0v) is 8.87. The lowest BCUT2D eigenvalue weighted by atomic mass is 10.4. The van der Waals surface area contributed by atoms with Crippen LogP contribution in [0.4, 0.5) is 11.6 Å². The minimum absolute atomic E-state index is 0.0467. The number of nitrogens with two attached hydrogens (primary N) is 1. The number of anilines is 2. The number of hydrogen-bond acceptors (Lipinski definition) is 6. The number of nitrogens with one attached hydrogen (secondary N) is 2. The van der Waals surface area contributed by atoms with Crippen LogP contribution in [0.1, 0.15) is 13.3 Å². The Hall–Kier alpha value is -1.41. The van der Waals surface area contributed by atoms with Gasteiger partial charge in [0.25, 0.3) is 0 Å². The maximum absolute atomic E-state index is 11.8. The van der Waals surface area contributed by atoms with E-state index >= 15 is 0 Å². The van der Waals surface area contributed by atoms with Crippen LogP contribution in [-0.4, -0.2) is 24.6 Å². The first-order chi connectivity index (χ1) is 7.04. The average molecular weight is 229 g/mol. The highest BCUT2D eigenvalue weighted by Gasteiger charge is 2.31. The summed E-state index contributed by atoms with van der Waals surface area (Å²) < 4.78 is 25.9. The molecule has 15 heavy (non-hydrogen) atoms. The molecule has 0 fully saturated rings. The van der Waals surface area contributed by atoms with E-state index in [0.717, 1.165) is 0 Å². The Kier molecular flexibility index (Phi) is 2.24. The summed E-state index contributed by atoms with van der Waals surface area (Å²) in [7, 11) is -3.60. The molecule has 82 valence electrons. The number of nitrogen functional groups attached to an aromatic ring is 1. The Morgan fingerprint density at radius 1 is 1.53 bits per heavy atom. The minimum Gasteiger partial charge on any atom is -0.382 e. The van der Waals surface area contributed by atoms with E-state index < -0.39 is 10.0 Å². The highest BCUT2D eigenvalue weighted by atomic mass is 32.2. The van der Waals surface area contributed by atoms with E-state index in [1.165, 1.54) is 6.33 Å². The van der Waals surface area contributed by atoms with E-state index in [4.69, 9.17) is 5.73 Å². The van der Waals surface area contributed by atoms with Crippen molar-refractivity contribution >= 4 is 21.7 Å². The predicted molar refractivity (Wildman–Crippen MR) is 54.5 cm³/mol. The highest BCUT2D eigenvalue weighted by molar-refractivity contribution is 7.90. The van der Waals surface area contributed by atoms with Crippen LogP contribution in [0.2, 0.25) is 0 Å². The molecule has 1 aliphatic heterocycles. The van der Waals surface area contributed by atoms with Crippen LogP contribution in [-0.2, 0) is 10.0 Å². The molecule has 0 saturated heterocycles. The average Bonchev–Trinajstić information content (AvgIpc) is 2.15. The molecule has 0 spiro atoms. The topological polar surface area (TPSA) is 110 Å². The van der Waals surface area contributed by atoms with Gasteiger partial charge in [0.05, 0.1) is 6.17 Å². The molecule has 4 N–H and O–H groups in total. The number of aromatic nitrogens is 2. The lowest BCUT2D eigenvalue weighted by Gasteiger charge is -2.26. The van der Waals surface area contributed by atoms with Gasteiger partial charge in [-0.05, 0) is 6.42 Å². The Balaban J connectivity index is 2.61. The molecule has 0 radical (unpaired) electrons. The van der Waals surface area contributed by atoms with Crippen molar-refractivity contribution in [2.24, 2.45) is 0 Å². The van der Waals surface area contributed by atoms with Crippen LogP contribution in [0.5, 0.6) is 0 Å². The molecule has 0 amide bonds. The van der Waals surface area contributed by atoms with Crippen LogP contribution in [0, 0.1) is 0 Å². The molecule has 8 heteroatoms. The molecule has 0 bridgehead atoms. The SMILES string of the molecule is CCC1Nc2ncnc(N)c2S(=O)(=O)N1. The molecule has 0 saturated carbocycles. The van der Waals surface area contributed by atoms with E-state index in [-0.39, 0.29) is 22.7 Å². The van der Waals surface area contributed by atoms with Gasteiger partial charge in [-0.15, -0.1) is 0 Å². The van der Waals surface area contributed by atoms with Crippen molar-refractivity contribution in [3.05, 3.63) is 6.33 Å². The second-order valence-electron chi connectivity index (χ2n) is 3.16. The Morgan fingerprint density at radius 2 is 2.27 bits per heavy atom. The van der Waals surface area contributed by atoms with Crippen molar-refractivity contribution in [2.45, 2.75) is 24.4 Å². The Bertz CT molecular complexity index is 486. The zero-order valence-electron chi connectivity index (χ0n) is 8.06. The molecule has 0 aliphatic carbocycles. The van der Waals surface area contributed by atoms with Gasteiger partial charge in [0, 0.05) is 0 Å². The van der Waals surface area contributed by atoms with Gasteiger partial charge in [0.15, 0.2) is 10.7 Å².